The van der Waals surface area contributed by atoms with Crippen LogP contribution in [0.2, 0.25) is 0 Å². The second-order valence-electron chi connectivity index (χ2n) is 3.62. The Kier molecular flexibility index (Phi) is 2.79. The quantitative estimate of drug-likeness (QED) is 0.649. The number of alkyl halides is 1. The zero-order valence-electron chi connectivity index (χ0n) is 8.93. The summed E-state index contributed by atoms with van der Waals surface area (Å²) in [6, 6.07) is 12.1. The molecule has 2 heterocycles. The van der Waals surface area contributed by atoms with Gasteiger partial charge < -0.3 is 0 Å². The van der Waals surface area contributed by atoms with E-state index < -0.39 is 0 Å². The van der Waals surface area contributed by atoms with Gasteiger partial charge in [-0.3, -0.25) is 4.98 Å². The molecule has 17 heavy (non-hydrogen) atoms. The third-order valence-electron chi connectivity index (χ3n) is 2.53. The minimum absolute atomic E-state index is 0.398. The maximum atomic E-state index is 5.86. The maximum Gasteiger partial charge on any atom is 0.124 e. The van der Waals surface area contributed by atoms with Crippen LogP contribution in [-0.4, -0.2) is 9.97 Å². The zero-order chi connectivity index (χ0) is 11.7. The van der Waals surface area contributed by atoms with Gasteiger partial charge in [-0.25, -0.2) is 4.98 Å². The summed E-state index contributed by atoms with van der Waals surface area (Å²) < 4.78 is 1.13. The third kappa shape index (κ3) is 1.92. The van der Waals surface area contributed by atoms with E-state index in [1.54, 1.807) is 17.5 Å². The number of hydrogen-bond acceptors (Lipinski definition) is 3. The average Bonchev–Trinajstić information content (AvgIpc) is 2.83. The Balaban J connectivity index is 2.20. The summed E-state index contributed by atoms with van der Waals surface area (Å²) in [6.07, 6.45) is 1.78. The minimum atomic E-state index is 0.398. The highest BCUT2D eigenvalue weighted by atomic mass is 35.5. The first-order chi connectivity index (χ1) is 8.38. The van der Waals surface area contributed by atoms with Gasteiger partial charge in [0.2, 0.25) is 0 Å². The van der Waals surface area contributed by atoms with E-state index in [2.05, 4.69) is 22.1 Å². The van der Waals surface area contributed by atoms with Crippen molar-refractivity contribution in [2.45, 2.75) is 5.88 Å². The number of halogens is 1. The smallest absolute Gasteiger partial charge is 0.124 e. The van der Waals surface area contributed by atoms with Gasteiger partial charge in [0, 0.05) is 11.8 Å². The van der Waals surface area contributed by atoms with Crippen molar-refractivity contribution in [2.75, 3.05) is 0 Å². The van der Waals surface area contributed by atoms with Gasteiger partial charge in [0.1, 0.15) is 10.5 Å². The standard InChI is InChI=1S/C13H9ClN2S/c14-8-10-12-11(6-7-15-10)17-13(16-12)9-4-2-1-3-5-9/h1-7H,8H2. The first-order valence-corrected chi connectivity index (χ1v) is 6.59. The lowest BCUT2D eigenvalue weighted by molar-refractivity contribution is 1.19. The summed E-state index contributed by atoms with van der Waals surface area (Å²) >= 11 is 7.53. The molecule has 0 fully saturated rings. The van der Waals surface area contributed by atoms with Gasteiger partial charge >= 0.3 is 0 Å². The molecule has 3 aromatic rings. The average molecular weight is 261 g/mol. The predicted molar refractivity (Wildman–Crippen MR) is 72.4 cm³/mol. The highest BCUT2D eigenvalue weighted by Gasteiger charge is 2.09. The Hall–Kier alpha value is -1.45. The van der Waals surface area contributed by atoms with Crippen LogP contribution in [0.15, 0.2) is 42.6 Å². The van der Waals surface area contributed by atoms with Crippen molar-refractivity contribution in [3.05, 3.63) is 48.3 Å². The summed E-state index contributed by atoms with van der Waals surface area (Å²) in [6.45, 7) is 0. The molecule has 0 atom stereocenters. The van der Waals surface area contributed by atoms with Crippen LogP contribution in [-0.2, 0) is 5.88 Å². The summed E-state index contributed by atoms with van der Waals surface area (Å²) in [5.41, 5.74) is 2.91. The monoisotopic (exact) mass is 260 g/mol. The molecule has 0 amide bonds. The van der Waals surface area contributed by atoms with Gasteiger partial charge in [-0.05, 0) is 6.07 Å². The fourth-order valence-corrected chi connectivity index (χ4v) is 2.89. The van der Waals surface area contributed by atoms with Crippen molar-refractivity contribution in [3.8, 4) is 10.6 Å². The fraction of sp³-hybridized carbons (Fsp3) is 0.0769. The van der Waals surface area contributed by atoms with Crippen LogP contribution in [0.3, 0.4) is 0 Å². The van der Waals surface area contributed by atoms with Crippen molar-refractivity contribution in [1.29, 1.82) is 0 Å². The number of aromatic nitrogens is 2. The first kappa shape index (κ1) is 10.7. The SMILES string of the molecule is ClCc1nccc2sc(-c3ccccc3)nc12. The van der Waals surface area contributed by atoms with Gasteiger partial charge in [-0.15, -0.1) is 22.9 Å². The van der Waals surface area contributed by atoms with E-state index in [1.807, 2.05) is 24.3 Å². The van der Waals surface area contributed by atoms with E-state index in [0.717, 1.165) is 26.5 Å². The zero-order valence-corrected chi connectivity index (χ0v) is 10.5. The molecule has 0 saturated carbocycles. The lowest BCUT2D eigenvalue weighted by atomic mass is 10.2. The maximum absolute atomic E-state index is 5.86. The molecule has 0 N–H and O–H groups in total. The number of nitrogens with zero attached hydrogens (tertiary/aromatic N) is 2. The molecule has 0 saturated heterocycles. The van der Waals surface area contributed by atoms with Crippen LogP contribution in [0, 0.1) is 0 Å². The molecule has 1 aromatic carbocycles. The third-order valence-corrected chi connectivity index (χ3v) is 3.85. The van der Waals surface area contributed by atoms with Crippen LogP contribution < -0.4 is 0 Å². The van der Waals surface area contributed by atoms with Crippen molar-refractivity contribution in [1.82, 2.24) is 9.97 Å². The van der Waals surface area contributed by atoms with Crippen LogP contribution in [0.1, 0.15) is 5.69 Å². The summed E-state index contributed by atoms with van der Waals surface area (Å²) in [7, 11) is 0. The Labute approximate surface area is 108 Å². The Bertz CT molecular complexity index is 649. The van der Waals surface area contributed by atoms with E-state index in [-0.39, 0.29) is 0 Å². The van der Waals surface area contributed by atoms with Crippen molar-refractivity contribution < 1.29 is 0 Å². The van der Waals surface area contributed by atoms with Gasteiger partial charge in [-0.1, -0.05) is 30.3 Å². The Morgan fingerprint density at radius 1 is 1.12 bits per heavy atom. The van der Waals surface area contributed by atoms with Gasteiger partial charge in [-0.2, -0.15) is 0 Å². The van der Waals surface area contributed by atoms with Crippen molar-refractivity contribution in [3.63, 3.8) is 0 Å². The van der Waals surface area contributed by atoms with Crippen LogP contribution in [0.25, 0.3) is 20.8 Å². The van der Waals surface area contributed by atoms with E-state index in [9.17, 15) is 0 Å². The molecule has 0 aliphatic heterocycles. The largest absolute Gasteiger partial charge is 0.258 e. The Morgan fingerprint density at radius 3 is 2.71 bits per heavy atom. The van der Waals surface area contributed by atoms with E-state index in [0.29, 0.717) is 5.88 Å². The molecule has 0 aliphatic rings. The molecule has 0 aliphatic carbocycles. The molecular weight excluding hydrogens is 252 g/mol. The number of benzene rings is 1. The molecule has 84 valence electrons. The minimum Gasteiger partial charge on any atom is -0.258 e. The second-order valence-corrected chi connectivity index (χ2v) is 4.92. The fourth-order valence-electron chi connectivity index (χ4n) is 1.71. The number of thiazole rings is 1. The van der Waals surface area contributed by atoms with Crippen molar-refractivity contribution in [2.24, 2.45) is 0 Å². The van der Waals surface area contributed by atoms with Crippen LogP contribution in [0.5, 0.6) is 0 Å². The molecule has 4 heteroatoms. The van der Waals surface area contributed by atoms with E-state index in [4.69, 9.17) is 11.6 Å². The van der Waals surface area contributed by atoms with Crippen LogP contribution in [0.4, 0.5) is 0 Å². The van der Waals surface area contributed by atoms with Gasteiger partial charge in [0.05, 0.1) is 16.3 Å². The molecule has 0 unspecified atom stereocenters. The van der Waals surface area contributed by atoms with Gasteiger partial charge in [0.25, 0.3) is 0 Å². The summed E-state index contributed by atoms with van der Waals surface area (Å²) in [4.78, 5) is 8.87. The van der Waals surface area contributed by atoms with Crippen molar-refractivity contribution >= 4 is 33.2 Å². The lowest BCUT2D eigenvalue weighted by Crippen LogP contribution is -1.85. The molecule has 3 rings (SSSR count). The Morgan fingerprint density at radius 2 is 1.94 bits per heavy atom. The number of fused-ring (bicyclic) bond motifs is 1. The molecule has 0 radical (unpaired) electrons. The molecule has 0 spiro atoms. The molecule has 0 bridgehead atoms. The highest BCUT2D eigenvalue weighted by Crippen LogP contribution is 2.31. The van der Waals surface area contributed by atoms with Crippen LogP contribution >= 0.6 is 22.9 Å². The summed E-state index contributed by atoms with van der Waals surface area (Å²) in [5.74, 6) is 0.398. The highest BCUT2D eigenvalue weighted by molar-refractivity contribution is 7.21. The second kappa shape index (κ2) is 4.43. The normalized spacial score (nSPS) is 10.9. The molecule has 2 nitrogen and oxygen atoms in total. The lowest BCUT2D eigenvalue weighted by Gasteiger charge is -1.94. The predicted octanol–water partition coefficient (Wildman–Crippen LogP) is 4.10. The topological polar surface area (TPSA) is 25.8 Å². The number of pyridine rings is 1. The molecular formula is C13H9ClN2S. The number of hydrogen-bond donors (Lipinski definition) is 0. The summed E-state index contributed by atoms with van der Waals surface area (Å²) in [5, 5.41) is 1.01. The first-order valence-electron chi connectivity index (χ1n) is 5.24. The van der Waals surface area contributed by atoms with E-state index >= 15 is 0 Å². The molecule has 2 aromatic heterocycles. The van der Waals surface area contributed by atoms with E-state index in [1.165, 1.54) is 0 Å². The number of rotatable bonds is 2. The van der Waals surface area contributed by atoms with Gasteiger partial charge in [0.15, 0.2) is 0 Å².